The average molecular weight is 610 g/mol. The van der Waals surface area contributed by atoms with Crippen molar-refractivity contribution in [2.75, 3.05) is 24.2 Å². The van der Waals surface area contributed by atoms with Crippen LogP contribution in [0.25, 0.3) is 0 Å². The molecule has 0 saturated heterocycles. The van der Waals surface area contributed by atoms with Crippen LogP contribution in [0.5, 0.6) is 5.75 Å². The van der Waals surface area contributed by atoms with E-state index in [0.29, 0.717) is 11.4 Å². The van der Waals surface area contributed by atoms with Gasteiger partial charge in [0.05, 0.1) is 17.7 Å². The zero-order chi connectivity index (χ0) is 30.3. The fourth-order valence-corrected chi connectivity index (χ4v) is 6.88. The number of nitrogens with zero attached hydrogens (tertiary/aromatic N) is 2. The number of benzene rings is 3. The van der Waals surface area contributed by atoms with Crippen molar-refractivity contribution < 1.29 is 22.7 Å². The summed E-state index contributed by atoms with van der Waals surface area (Å²) in [5.74, 6) is -0.118. The smallest absolute Gasteiger partial charge is 0.264 e. The molecule has 1 unspecified atom stereocenters. The second kappa shape index (κ2) is 14.1. The topological polar surface area (TPSA) is 96.0 Å². The Morgan fingerprint density at radius 3 is 2.31 bits per heavy atom. The van der Waals surface area contributed by atoms with Crippen molar-refractivity contribution in [2.24, 2.45) is 0 Å². The highest BCUT2D eigenvalue weighted by atomic mass is 32.2. The SMILES string of the molecule is COc1cccc(CN(C(=O)CN(c2ccc(C)cc2)S(=O)(=O)c2ccc(SC)cc2)C(C)C(=O)NC2CCCC2)c1. The van der Waals surface area contributed by atoms with Crippen molar-refractivity contribution in [1.82, 2.24) is 10.2 Å². The van der Waals surface area contributed by atoms with Gasteiger partial charge in [0.15, 0.2) is 0 Å². The van der Waals surface area contributed by atoms with Crippen LogP contribution in [0, 0.1) is 6.92 Å². The Hall–Kier alpha value is -3.50. The van der Waals surface area contributed by atoms with E-state index in [1.807, 2.05) is 43.5 Å². The zero-order valence-electron chi connectivity index (χ0n) is 24.6. The molecule has 4 rings (SSSR count). The van der Waals surface area contributed by atoms with Crippen LogP contribution < -0.4 is 14.4 Å². The van der Waals surface area contributed by atoms with Crippen LogP contribution in [-0.4, -0.2) is 57.1 Å². The molecule has 1 fully saturated rings. The van der Waals surface area contributed by atoms with Crippen LogP contribution in [0.2, 0.25) is 0 Å². The molecule has 1 atom stereocenters. The van der Waals surface area contributed by atoms with Gasteiger partial charge in [0.2, 0.25) is 11.8 Å². The molecule has 0 spiro atoms. The lowest BCUT2D eigenvalue weighted by Gasteiger charge is -2.32. The first-order valence-electron chi connectivity index (χ1n) is 14.1. The van der Waals surface area contributed by atoms with Gasteiger partial charge < -0.3 is 15.0 Å². The number of nitrogens with one attached hydrogen (secondary N) is 1. The molecule has 2 amide bonds. The van der Waals surface area contributed by atoms with Gasteiger partial charge in [0.1, 0.15) is 18.3 Å². The lowest BCUT2D eigenvalue weighted by atomic mass is 10.1. The Balaban J connectivity index is 1.69. The largest absolute Gasteiger partial charge is 0.497 e. The maximum absolute atomic E-state index is 14.1. The van der Waals surface area contributed by atoms with Gasteiger partial charge >= 0.3 is 0 Å². The Morgan fingerprint density at radius 1 is 1.02 bits per heavy atom. The number of thioether (sulfide) groups is 1. The van der Waals surface area contributed by atoms with E-state index < -0.39 is 28.5 Å². The minimum absolute atomic E-state index is 0.0834. The molecule has 0 aromatic heterocycles. The van der Waals surface area contributed by atoms with E-state index in [2.05, 4.69) is 5.32 Å². The second-order valence-electron chi connectivity index (χ2n) is 10.6. The first-order chi connectivity index (χ1) is 20.1. The summed E-state index contributed by atoms with van der Waals surface area (Å²) in [5, 5.41) is 3.09. The molecule has 3 aromatic carbocycles. The number of carbonyl (C=O) groups excluding carboxylic acids is 2. The third-order valence-electron chi connectivity index (χ3n) is 7.60. The van der Waals surface area contributed by atoms with Crippen LogP contribution in [0.15, 0.2) is 82.6 Å². The molecular weight excluding hydrogens is 571 g/mol. The molecule has 42 heavy (non-hydrogen) atoms. The van der Waals surface area contributed by atoms with Gasteiger partial charge in [-0.2, -0.15) is 0 Å². The van der Waals surface area contributed by atoms with Crippen molar-refractivity contribution >= 4 is 39.3 Å². The average Bonchev–Trinajstić information content (AvgIpc) is 3.52. The zero-order valence-corrected chi connectivity index (χ0v) is 26.2. The summed E-state index contributed by atoms with van der Waals surface area (Å²) in [7, 11) is -2.55. The number of hydrogen-bond donors (Lipinski definition) is 1. The van der Waals surface area contributed by atoms with Crippen molar-refractivity contribution in [3.05, 3.63) is 83.9 Å². The highest BCUT2D eigenvalue weighted by Crippen LogP contribution is 2.27. The monoisotopic (exact) mass is 609 g/mol. The molecule has 224 valence electrons. The Kier molecular flexibility index (Phi) is 10.6. The molecule has 1 aliphatic rings. The number of hydrogen-bond acceptors (Lipinski definition) is 6. The summed E-state index contributed by atoms with van der Waals surface area (Å²) in [6.07, 6.45) is 5.87. The second-order valence-corrected chi connectivity index (χ2v) is 13.3. The Bertz CT molecular complexity index is 1470. The molecule has 0 bridgehead atoms. The summed E-state index contributed by atoms with van der Waals surface area (Å²) in [6.45, 7) is 3.24. The molecule has 1 N–H and O–H groups in total. The third kappa shape index (κ3) is 7.66. The molecule has 0 radical (unpaired) electrons. The predicted molar refractivity (Wildman–Crippen MR) is 167 cm³/mol. The summed E-state index contributed by atoms with van der Waals surface area (Å²) in [6, 6.07) is 20.2. The van der Waals surface area contributed by atoms with E-state index in [0.717, 1.165) is 46.0 Å². The first kappa shape index (κ1) is 31.4. The maximum atomic E-state index is 14.1. The number of ether oxygens (including phenoxy) is 1. The number of amides is 2. The summed E-state index contributed by atoms with van der Waals surface area (Å²) in [5.41, 5.74) is 2.09. The minimum Gasteiger partial charge on any atom is -0.497 e. The lowest BCUT2D eigenvalue weighted by Crippen LogP contribution is -2.52. The van der Waals surface area contributed by atoms with Crippen LogP contribution in [0.3, 0.4) is 0 Å². The molecule has 3 aromatic rings. The highest BCUT2D eigenvalue weighted by Gasteiger charge is 2.33. The standard InChI is InChI=1S/C32H39N3O5S2/c1-23-12-14-27(15-13-23)35(42(38,39)30-18-16-29(41-4)17-19-30)22-31(36)34(21-25-8-7-11-28(20-25)40-3)24(2)32(37)33-26-9-5-6-10-26/h7-8,11-20,24,26H,5-6,9-10,21-22H2,1-4H3,(H,33,37). The van der Waals surface area contributed by atoms with Gasteiger partial charge in [0, 0.05) is 17.5 Å². The van der Waals surface area contributed by atoms with Crippen LogP contribution in [0.1, 0.15) is 43.7 Å². The number of anilines is 1. The van der Waals surface area contributed by atoms with Crippen molar-refractivity contribution in [3.63, 3.8) is 0 Å². The predicted octanol–water partition coefficient (Wildman–Crippen LogP) is 5.40. The number of carbonyl (C=O) groups is 2. The van der Waals surface area contributed by atoms with Gasteiger partial charge in [-0.3, -0.25) is 13.9 Å². The fourth-order valence-electron chi connectivity index (χ4n) is 5.06. The van der Waals surface area contributed by atoms with E-state index in [1.54, 1.807) is 56.5 Å². The normalized spacial score (nSPS) is 14.3. The highest BCUT2D eigenvalue weighted by molar-refractivity contribution is 7.98. The lowest BCUT2D eigenvalue weighted by molar-refractivity contribution is -0.139. The van der Waals surface area contributed by atoms with Crippen LogP contribution in [-0.2, 0) is 26.2 Å². The summed E-state index contributed by atoms with van der Waals surface area (Å²) in [4.78, 5) is 29.9. The molecule has 10 heteroatoms. The van der Waals surface area contributed by atoms with E-state index in [-0.39, 0.29) is 23.4 Å². The van der Waals surface area contributed by atoms with E-state index >= 15 is 0 Å². The Morgan fingerprint density at radius 2 is 1.69 bits per heavy atom. The third-order valence-corrected chi connectivity index (χ3v) is 10.1. The van der Waals surface area contributed by atoms with Crippen LogP contribution in [0.4, 0.5) is 5.69 Å². The quantitative estimate of drug-likeness (QED) is 0.277. The minimum atomic E-state index is -4.11. The molecule has 8 nitrogen and oxygen atoms in total. The summed E-state index contributed by atoms with van der Waals surface area (Å²) >= 11 is 1.51. The van der Waals surface area contributed by atoms with Crippen molar-refractivity contribution in [2.45, 2.75) is 68.0 Å². The number of sulfonamides is 1. The van der Waals surface area contributed by atoms with Crippen molar-refractivity contribution in [3.8, 4) is 5.75 Å². The molecule has 1 aliphatic carbocycles. The van der Waals surface area contributed by atoms with E-state index in [4.69, 9.17) is 4.74 Å². The van der Waals surface area contributed by atoms with Gasteiger partial charge in [-0.25, -0.2) is 8.42 Å². The van der Waals surface area contributed by atoms with Gasteiger partial charge in [0.25, 0.3) is 10.0 Å². The molecular formula is C32H39N3O5S2. The number of methoxy groups -OCH3 is 1. The van der Waals surface area contributed by atoms with Gasteiger partial charge in [-0.1, -0.05) is 42.7 Å². The fraction of sp³-hybridized carbons (Fsp3) is 0.375. The van der Waals surface area contributed by atoms with Crippen LogP contribution >= 0.6 is 11.8 Å². The number of rotatable bonds is 12. The molecule has 0 aliphatic heterocycles. The van der Waals surface area contributed by atoms with Gasteiger partial charge in [-0.15, -0.1) is 11.8 Å². The number of aryl methyl sites for hydroxylation is 1. The van der Waals surface area contributed by atoms with Crippen molar-refractivity contribution in [1.29, 1.82) is 0 Å². The van der Waals surface area contributed by atoms with E-state index in [9.17, 15) is 18.0 Å². The van der Waals surface area contributed by atoms with Gasteiger partial charge in [-0.05, 0) is 87.0 Å². The van der Waals surface area contributed by atoms with E-state index in [1.165, 1.54) is 16.7 Å². The first-order valence-corrected chi connectivity index (χ1v) is 16.7. The molecule has 1 saturated carbocycles. The Labute approximate surface area is 253 Å². The summed E-state index contributed by atoms with van der Waals surface area (Å²) < 4.78 is 34.5. The molecule has 0 heterocycles. The maximum Gasteiger partial charge on any atom is 0.264 e.